The molecule has 0 amide bonds. The summed E-state index contributed by atoms with van der Waals surface area (Å²) >= 11 is 0. The zero-order valence-electron chi connectivity index (χ0n) is 9.74. The van der Waals surface area contributed by atoms with Gasteiger partial charge in [-0.25, -0.2) is 9.97 Å². The predicted molar refractivity (Wildman–Crippen MR) is 63.4 cm³/mol. The van der Waals surface area contributed by atoms with Crippen LogP contribution in [0.2, 0.25) is 0 Å². The number of nitrogens with one attached hydrogen (secondary N) is 1. The summed E-state index contributed by atoms with van der Waals surface area (Å²) in [6.07, 6.45) is 2.54. The molecule has 0 aromatic carbocycles. The van der Waals surface area contributed by atoms with E-state index in [0.717, 1.165) is 23.5 Å². The molecule has 2 heterocycles. The number of aryl methyl sites for hydroxylation is 1. The van der Waals surface area contributed by atoms with Gasteiger partial charge in [0.15, 0.2) is 11.6 Å². The van der Waals surface area contributed by atoms with Crippen LogP contribution in [-0.4, -0.2) is 17.0 Å². The number of hydrogen-bond donors (Lipinski definition) is 1. The first kappa shape index (κ1) is 10.7. The Balaban J connectivity index is 2.54. The Hall–Kier alpha value is -1.84. The maximum atomic E-state index is 5.29. The molecule has 2 rings (SSSR count). The summed E-state index contributed by atoms with van der Waals surface area (Å²) in [6, 6.07) is 3.70. The standard InChI is InChI=1S/C12H15N3O/c1-4-9-8(2)14-12(15-11(9)13-3)10-6-5-7-16-10/h5-7H,4H2,1-3H3,(H,13,14,15). The third kappa shape index (κ3) is 1.78. The van der Waals surface area contributed by atoms with Crippen molar-refractivity contribution in [2.75, 3.05) is 12.4 Å². The second kappa shape index (κ2) is 4.35. The zero-order valence-corrected chi connectivity index (χ0v) is 9.74. The molecular weight excluding hydrogens is 202 g/mol. The molecule has 2 aromatic rings. The van der Waals surface area contributed by atoms with Crippen LogP contribution in [0.25, 0.3) is 11.6 Å². The van der Waals surface area contributed by atoms with Crippen LogP contribution in [0.15, 0.2) is 22.8 Å². The fourth-order valence-corrected chi connectivity index (χ4v) is 1.74. The van der Waals surface area contributed by atoms with Gasteiger partial charge in [-0.15, -0.1) is 0 Å². The fraction of sp³-hybridized carbons (Fsp3) is 0.333. The molecule has 4 heteroatoms. The van der Waals surface area contributed by atoms with E-state index in [4.69, 9.17) is 4.42 Å². The lowest BCUT2D eigenvalue weighted by molar-refractivity contribution is 0.577. The molecule has 0 aliphatic heterocycles. The molecule has 0 fully saturated rings. The van der Waals surface area contributed by atoms with Crippen LogP contribution in [-0.2, 0) is 6.42 Å². The van der Waals surface area contributed by atoms with E-state index in [1.54, 1.807) is 6.26 Å². The highest BCUT2D eigenvalue weighted by atomic mass is 16.3. The van der Waals surface area contributed by atoms with Crippen molar-refractivity contribution in [3.8, 4) is 11.6 Å². The Morgan fingerprint density at radius 1 is 1.38 bits per heavy atom. The van der Waals surface area contributed by atoms with Gasteiger partial charge in [-0.1, -0.05) is 6.92 Å². The van der Waals surface area contributed by atoms with Crippen LogP contribution in [0.5, 0.6) is 0 Å². The Morgan fingerprint density at radius 3 is 2.75 bits per heavy atom. The van der Waals surface area contributed by atoms with E-state index in [1.165, 1.54) is 0 Å². The van der Waals surface area contributed by atoms with E-state index in [0.29, 0.717) is 11.6 Å². The lowest BCUT2D eigenvalue weighted by Crippen LogP contribution is -2.04. The fourth-order valence-electron chi connectivity index (χ4n) is 1.74. The Morgan fingerprint density at radius 2 is 2.19 bits per heavy atom. The molecule has 0 spiro atoms. The summed E-state index contributed by atoms with van der Waals surface area (Å²) < 4.78 is 5.29. The van der Waals surface area contributed by atoms with Gasteiger partial charge in [0, 0.05) is 18.3 Å². The molecule has 16 heavy (non-hydrogen) atoms. The molecule has 0 aliphatic carbocycles. The molecule has 84 valence electrons. The highest BCUT2D eigenvalue weighted by molar-refractivity contribution is 5.55. The van der Waals surface area contributed by atoms with Crippen LogP contribution >= 0.6 is 0 Å². The van der Waals surface area contributed by atoms with Crippen LogP contribution in [0.1, 0.15) is 18.2 Å². The zero-order chi connectivity index (χ0) is 11.5. The van der Waals surface area contributed by atoms with Crippen molar-refractivity contribution in [1.29, 1.82) is 0 Å². The highest BCUT2D eigenvalue weighted by Gasteiger charge is 2.11. The molecule has 2 aromatic heterocycles. The maximum absolute atomic E-state index is 5.29. The number of furan rings is 1. The number of anilines is 1. The second-order valence-corrected chi connectivity index (χ2v) is 3.54. The summed E-state index contributed by atoms with van der Waals surface area (Å²) in [5.41, 5.74) is 2.14. The molecule has 0 unspecified atom stereocenters. The van der Waals surface area contributed by atoms with Gasteiger partial charge in [0.25, 0.3) is 0 Å². The van der Waals surface area contributed by atoms with E-state index in [2.05, 4.69) is 22.2 Å². The van der Waals surface area contributed by atoms with Gasteiger partial charge in [0.2, 0.25) is 0 Å². The molecule has 0 saturated carbocycles. The van der Waals surface area contributed by atoms with Gasteiger partial charge >= 0.3 is 0 Å². The molecule has 0 atom stereocenters. The number of hydrogen-bond acceptors (Lipinski definition) is 4. The number of rotatable bonds is 3. The van der Waals surface area contributed by atoms with E-state index in [9.17, 15) is 0 Å². The highest BCUT2D eigenvalue weighted by Crippen LogP contribution is 2.22. The summed E-state index contributed by atoms with van der Waals surface area (Å²) in [5.74, 6) is 2.20. The molecule has 0 saturated heterocycles. The molecule has 0 radical (unpaired) electrons. The van der Waals surface area contributed by atoms with E-state index in [-0.39, 0.29) is 0 Å². The van der Waals surface area contributed by atoms with Crippen LogP contribution in [0, 0.1) is 6.92 Å². The first-order chi connectivity index (χ1) is 7.76. The van der Waals surface area contributed by atoms with Crippen molar-refractivity contribution in [1.82, 2.24) is 9.97 Å². The smallest absolute Gasteiger partial charge is 0.197 e. The van der Waals surface area contributed by atoms with Crippen molar-refractivity contribution in [2.45, 2.75) is 20.3 Å². The molecule has 1 N–H and O–H groups in total. The normalized spacial score (nSPS) is 10.4. The summed E-state index contributed by atoms with van der Waals surface area (Å²) in [4.78, 5) is 8.90. The summed E-state index contributed by atoms with van der Waals surface area (Å²) in [5, 5.41) is 3.10. The first-order valence-electron chi connectivity index (χ1n) is 5.35. The second-order valence-electron chi connectivity index (χ2n) is 3.54. The minimum absolute atomic E-state index is 0.629. The Bertz CT molecular complexity index is 477. The number of aromatic nitrogens is 2. The van der Waals surface area contributed by atoms with Gasteiger partial charge < -0.3 is 9.73 Å². The van der Waals surface area contributed by atoms with E-state index in [1.807, 2.05) is 26.1 Å². The third-order valence-electron chi connectivity index (χ3n) is 2.55. The predicted octanol–water partition coefficient (Wildman–Crippen LogP) is 2.65. The van der Waals surface area contributed by atoms with Gasteiger partial charge in [0.05, 0.1) is 6.26 Å². The van der Waals surface area contributed by atoms with Crippen molar-refractivity contribution < 1.29 is 4.42 Å². The lowest BCUT2D eigenvalue weighted by atomic mass is 10.1. The lowest BCUT2D eigenvalue weighted by Gasteiger charge is -2.10. The minimum Gasteiger partial charge on any atom is -0.461 e. The maximum Gasteiger partial charge on any atom is 0.197 e. The molecule has 0 aliphatic rings. The van der Waals surface area contributed by atoms with Gasteiger partial charge in [-0.3, -0.25) is 0 Å². The summed E-state index contributed by atoms with van der Waals surface area (Å²) in [6.45, 7) is 4.09. The first-order valence-corrected chi connectivity index (χ1v) is 5.35. The third-order valence-corrected chi connectivity index (χ3v) is 2.55. The Labute approximate surface area is 94.7 Å². The number of nitrogens with zero attached hydrogens (tertiary/aromatic N) is 2. The van der Waals surface area contributed by atoms with Crippen molar-refractivity contribution >= 4 is 5.82 Å². The quantitative estimate of drug-likeness (QED) is 0.858. The van der Waals surface area contributed by atoms with E-state index < -0.39 is 0 Å². The average molecular weight is 217 g/mol. The summed E-state index contributed by atoms with van der Waals surface area (Å²) in [7, 11) is 1.87. The largest absolute Gasteiger partial charge is 0.461 e. The van der Waals surface area contributed by atoms with Crippen LogP contribution < -0.4 is 5.32 Å². The topological polar surface area (TPSA) is 51.0 Å². The molecule has 4 nitrogen and oxygen atoms in total. The van der Waals surface area contributed by atoms with Gasteiger partial charge in [-0.05, 0) is 25.5 Å². The van der Waals surface area contributed by atoms with Gasteiger partial charge in [-0.2, -0.15) is 0 Å². The Kier molecular flexibility index (Phi) is 2.90. The van der Waals surface area contributed by atoms with Crippen molar-refractivity contribution in [3.63, 3.8) is 0 Å². The van der Waals surface area contributed by atoms with Crippen molar-refractivity contribution in [3.05, 3.63) is 29.7 Å². The monoisotopic (exact) mass is 217 g/mol. The van der Waals surface area contributed by atoms with Crippen LogP contribution in [0.4, 0.5) is 5.82 Å². The SMILES string of the molecule is CCc1c(C)nc(-c2ccco2)nc1NC. The van der Waals surface area contributed by atoms with Crippen LogP contribution in [0.3, 0.4) is 0 Å². The van der Waals surface area contributed by atoms with E-state index >= 15 is 0 Å². The van der Waals surface area contributed by atoms with Crippen molar-refractivity contribution in [2.24, 2.45) is 0 Å². The average Bonchev–Trinajstić information content (AvgIpc) is 2.81. The minimum atomic E-state index is 0.629. The van der Waals surface area contributed by atoms with Gasteiger partial charge in [0.1, 0.15) is 5.82 Å². The molecule has 0 bridgehead atoms. The molecular formula is C12H15N3O.